The van der Waals surface area contributed by atoms with Crippen LogP contribution in [0.4, 0.5) is 0 Å². The number of amides is 2. The summed E-state index contributed by atoms with van der Waals surface area (Å²) < 4.78 is 0. The number of benzene rings is 1. The molecule has 3 rings (SSSR count). The predicted octanol–water partition coefficient (Wildman–Crippen LogP) is 1.66. The first kappa shape index (κ1) is 16.2. The van der Waals surface area contributed by atoms with E-state index in [-0.39, 0.29) is 23.1 Å². The molecule has 6 heteroatoms. The minimum atomic E-state index is -0.333. The fraction of sp³-hybridized carbons (Fsp3) is 0.389. The molecule has 2 N–H and O–H groups in total. The smallest absolute Gasteiger partial charge is 0.267 e. The van der Waals surface area contributed by atoms with Crippen LogP contribution in [0.15, 0.2) is 35.1 Å². The van der Waals surface area contributed by atoms with Gasteiger partial charge in [-0.2, -0.15) is 0 Å². The summed E-state index contributed by atoms with van der Waals surface area (Å²) >= 11 is 0. The lowest BCUT2D eigenvalue weighted by molar-refractivity contribution is -0.130. The zero-order chi connectivity index (χ0) is 16.9. The molecule has 2 heterocycles. The van der Waals surface area contributed by atoms with Crippen molar-refractivity contribution in [3.63, 3.8) is 0 Å². The number of carbonyl (C=O) groups excluding carboxylic acids is 2. The quantitative estimate of drug-likeness (QED) is 0.896. The highest BCUT2D eigenvalue weighted by atomic mass is 16.2. The van der Waals surface area contributed by atoms with Gasteiger partial charge in [0.2, 0.25) is 5.91 Å². The molecule has 1 aromatic heterocycles. The predicted molar refractivity (Wildman–Crippen MR) is 91.9 cm³/mol. The molecule has 1 saturated heterocycles. The van der Waals surface area contributed by atoms with E-state index in [1.807, 2.05) is 6.07 Å². The SMILES string of the molecule is O=C(NCCN1CCCCCC1=O)c1cc2ccccc2c(=O)[nH]1. The summed E-state index contributed by atoms with van der Waals surface area (Å²) in [5.41, 5.74) is -0.0400. The summed E-state index contributed by atoms with van der Waals surface area (Å²) in [7, 11) is 0. The van der Waals surface area contributed by atoms with Gasteiger partial charge in [0.1, 0.15) is 5.69 Å². The number of pyridine rings is 1. The first-order valence-corrected chi connectivity index (χ1v) is 8.33. The first-order chi connectivity index (χ1) is 11.6. The average Bonchev–Trinajstić information content (AvgIpc) is 2.79. The third-order valence-electron chi connectivity index (χ3n) is 4.34. The largest absolute Gasteiger partial charge is 0.349 e. The van der Waals surface area contributed by atoms with Crippen molar-refractivity contribution < 1.29 is 9.59 Å². The van der Waals surface area contributed by atoms with Crippen LogP contribution in [0.5, 0.6) is 0 Å². The standard InChI is InChI=1S/C18H21N3O3/c22-16-8-2-1-5-10-21(16)11-9-19-18(24)15-12-13-6-3-4-7-14(13)17(23)20-15/h3-4,6-7,12H,1-2,5,8-11H2,(H,19,24)(H,20,23). The van der Waals surface area contributed by atoms with Crippen LogP contribution in [-0.4, -0.2) is 41.3 Å². The number of fused-ring (bicyclic) bond motifs is 1. The van der Waals surface area contributed by atoms with Gasteiger partial charge in [0.15, 0.2) is 0 Å². The van der Waals surface area contributed by atoms with E-state index in [2.05, 4.69) is 10.3 Å². The van der Waals surface area contributed by atoms with Crippen molar-refractivity contribution in [1.82, 2.24) is 15.2 Å². The van der Waals surface area contributed by atoms with Crippen molar-refractivity contribution >= 4 is 22.6 Å². The minimum absolute atomic E-state index is 0.154. The Morgan fingerprint density at radius 1 is 1.17 bits per heavy atom. The average molecular weight is 327 g/mol. The van der Waals surface area contributed by atoms with E-state index in [0.717, 1.165) is 31.2 Å². The summed E-state index contributed by atoms with van der Waals surface area (Å²) in [6.45, 7) is 1.63. The third kappa shape index (κ3) is 3.64. The Morgan fingerprint density at radius 2 is 2.00 bits per heavy atom. The molecule has 1 fully saturated rings. The number of hydrogen-bond acceptors (Lipinski definition) is 3. The van der Waals surface area contributed by atoms with Crippen LogP contribution in [0, 0.1) is 0 Å². The molecule has 0 radical (unpaired) electrons. The maximum atomic E-state index is 12.2. The molecular weight excluding hydrogens is 306 g/mol. The maximum Gasteiger partial charge on any atom is 0.267 e. The molecule has 0 unspecified atom stereocenters. The Bertz CT molecular complexity index is 813. The molecule has 2 amide bonds. The fourth-order valence-corrected chi connectivity index (χ4v) is 3.01. The monoisotopic (exact) mass is 327 g/mol. The van der Waals surface area contributed by atoms with Crippen molar-refractivity contribution in [3.8, 4) is 0 Å². The highest BCUT2D eigenvalue weighted by Gasteiger charge is 2.16. The molecule has 0 atom stereocenters. The number of carbonyl (C=O) groups is 2. The second kappa shape index (κ2) is 7.29. The van der Waals surface area contributed by atoms with Crippen molar-refractivity contribution in [1.29, 1.82) is 0 Å². The van der Waals surface area contributed by atoms with Gasteiger partial charge in [0, 0.05) is 31.4 Å². The van der Waals surface area contributed by atoms with Gasteiger partial charge in [-0.3, -0.25) is 14.4 Å². The van der Waals surface area contributed by atoms with Crippen LogP contribution in [0.2, 0.25) is 0 Å². The molecule has 1 aromatic carbocycles. The van der Waals surface area contributed by atoms with Crippen LogP contribution in [-0.2, 0) is 4.79 Å². The zero-order valence-electron chi connectivity index (χ0n) is 13.5. The summed E-state index contributed by atoms with van der Waals surface area (Å²) in [6, 6.07) is 8.81. The second-order valence-electron chi connectivity index (χ2n) is 6.05. The van der Waals surface area contributed by atoms with Crippen LogP contribution < -0.4 is 10.9 Å². The summed E-state index contributed by atoms with van der Waals surface area (Å²) in [5.74, 6) is -0.180. The van der Waals surface area contributed by atoms with E-state index < -0.39 is 0 Å². The number of aromatic nitrogens is 1. The fourth-order valence-electron chi connectivity index (χ4n) is 3.01. The van der Waals surface area contributed by atoms with Crippen LogP contribution in [0.1, 0.15) is 36.2 Å². The minimum Gasteiger partial charge on any atom is -0.349 e. The van der Waals surface area contributed by atoms with Gasteiger partial charge in [-0.05, 0) is 30.4 Å². The Hall–Kier alpha value is -2.63. The highest BCUT2D eigenvalue weighted by Crippen LogP contribution is 2.11. The second-order valence-corrected chi connectivity index (χ2v) is 6.05. The molecule has 2 aromatic rings. The van der Waals surface area contributed by atoms with Crippen molar-refractivity contribution in [2.75, 3.05) is 19.6 Å². The van der Waals surface area contributed by atoms with Crippen LogP contribution >= 0.6 is 0 Å². The van der Waals surface area contributed by atoms with Crippen LogP contribution in [0.3, 0.4) is 0 Å². The van der Waals surface area contributed by atoms with E-state index in [4.69, 9.17) is 0 Å². The number of nitrogens with one attached hydrogen (secondary N) is 2. The number of rotatable bonds is 4. The molecule has 0 spiro atoms. The highest BCUT2D eigenvalue weighted by molar-refractivity contribution is 5.96. The van der Waals surface area contributed by atoms with Crippen molar-refractivity contribution in [3.05, 3.63) is 46.4 Å². The Morgan fingerprint density at radius 3 is 2.88 bits per heavy atom. The summed E-state index contributed by atoms with van der Waals surface area (Å²) in [6.07, 6.45) is 3.62. The Balaban J connectivity index is 1.63. The first-order valence-electron chi connectivity index (χ1n) is 8.33. The van der Waals surface area contributed by atoms with Gasteiger partial charge in [0.25, 0.3) is 11.5 Å². The molecule has 24 heavy (non-hydrogen) atoms. The molecule has 1 aliphatic heterocycles. The lowest BCUT2D eigenvalue weighted by Gasteiger charge is -2.20. The van der Waals surface area contributed by atoms with E-state index in [1.54, 1.807) is 29.2 Å². The topological polar surface area (TPSA) is 82.3 Å². The molecule has 6 nitrogen and oxygen atoms in total. The number of aromatic amines is 1. The number of H-pyrrole nitrogens is 1. The van der Waals surface area contributed by atoms with Crippen LogP contribution in [0.25, 0.3) is 10.8 Å². The maximum absolute atomic E-state index is 12.2. The third-order valence-corrected chi connectivity index (χ3v) is 4.34. The number of hydrogen-bond donors (Lipinski definition) is 2. The van der Waals surface area contributed by atoms with Gasteiger partial charge in [-0.1, -0.05) is 24.6 Å². The number of nitrogens with zero attached hydrogens (tertiary/aromatic N) is 1. The van der Waals surface area contributed by atoms with Crippen molar-refractivity contribution in [2.24, 2.45) is 0 Å². The molecule has 0 bridgehead atoms. The Labute approximate surface area is 139 Å². The van der Waals surface area contributed by atoms with E-state index in [9.17, 15) is 14.4 Å². The molecule has 0 aliphatic carbocycles. The van der Waals surface area contributed by atoms with E-state index in [1.165, 1.54) is 0 Å². The zero-order valence-corrected chi connectivity index (χ0v) is 13.5. The lowest BCUT2D eigenvalue weighted by atomic mass is 10.1. The lowest BCUT2D eigenvalue weighted by Crippen LogP contribution is -2.38. The van der Waals surface area contributed by atoms with E-state index in [0.29, 0.717) is 24.9 Å². The molecule has 1 aliphatic rings. The normalized spacial score (nSPS) is 15.3. The summed E-state index contributed by atoms with van der Waals surface area (Å²) in [5, 5.41) is 4.07. The van der Waals surface area contributed by atoms with Crippen molar-refractivity contribution in [2.45, 2.75) is 25.7 Å². The van der Waals surface area contributed by atoms with Gasteiger partial charge in [-0.25, -0.2) is 0 Å². The van der Waals surface area contributed by atoms with E-state index >= 15 is 0 Å². The molecular formula is C18H21N3O3. The summed E-state index contributed by atoms with van der Waals surface area (Å²) in [4.78, 5) is 40.6. The van der Waals surface area contributed by atoms with Gasteiger partial charge >= 0.3 is 0 Å². The van der Waals surface area contributed by atoms with Gasteiger partial charge in [-0.15, -0.1) is 0 Å². The molecule has 126 valence electrons. The Kier molecular flexibility index (Phi) is 4.93. The number of likely N-dealkylation sites (tertiary alicyclic amines) is 1. The van der Waals surface area contributed by atoms with Gasteiger partial charge in [0.05, 0.1) is 0 Å². The van der Waals surface area contributed by atoms with Gasteiger partial charge < -0.3 is 15.2 Å². The molecule has 0 saturated carbocycles.